The topological polar surface area (TPSA) is 0 Å². The van der Waals surface area contributed by atoms with Crippen molar-refractivity contribution in [1.29, 1.82) is 0 Å². The Balaban J connectivity index is 1.86. The van der Waals surface area contributed by atoms with E-state index in [0.29, 0.717) is 0 Å². The molecule has 3 aromatic rings. The minimum atomic E-state index is -0.188. The molecule has 0 saturated carbocycles. The monoisotopic (exact) mass is 368 g/mol. The van der Waals surface area contributed by atoms with E-state index in [0.717, 1.165) is 21.5 Å². The lowest BCUT2D eigenvalue weighted by Gasteiger charge is -2.07. The number of halogens is 3. The molecule has 2 aromatic carbocycles. The first-order valence-electron chi connectivity index (χ1n) is 6.19. The van der Waals surface area contributed by atoms with Gasteiger partial charge < -0.3 is 0 Å². The van der Waals surface area contributed by atoms with E-state index in [4.69, 9.17) is 11.6 Å². The van der Waals surface area contributed by atoms with Gasteiger partial charge in [0.05, 0.1) is 4.83 Å². The Morgan fingerprint density at radius 3 is 2.80 bits per heavy atom. The van der Waals surface area contributed by atoms with Gasteiger partial charge in [0.15, 0.2) is 0 Å². The van der Waals surface area contributed by atoms with Gasteiger partial charge in [-0.15, -0.1) is 11.3 Å². The molecule has 20 heavy (non-hydrogen) atoms. The second kappa shape index (κ2) is 5.84. The molecule has 1 atom stereocenters. The highest BCUT2D eigenvalue weighted by molar-refractivity contribution is 9.09. The smallest absolute Gasteiger partial charge is 0.124 e. The third kappa shape index (κ3) is 3.05. The number of thiophene rings is 1. The molecule has 0 nitrogen and oxygen atoms in total. The summed E-state index contributed by atoms with van der Waals surface area (Å²) in [6.45, 7) is 0. The van der Waals surface area contributed by atoms with E-state index in [9.17, 15) is 4.39 Å². The zero-order valence-corrected chi connectivity index (χ0v) is 13.6. The van der Waals surface area contributed by atoms with Crippen molar-refractivity contribution in [1.82, 2.24) is 0 Å². The first-order valence-corrected chi connectivity index (χ1v) is 8.30. The third-order valence-electron chi connectivity index (χ3n) is 3.11. The normalized spacial score (nSPS) is 12.8. The first kappa shape index (κ1) is 14.1. The lowest BCUT2D eigenvalue weighted by molar-refractivity contribution is 0.630. The first-order chi connectivity index (χ1) is 9.61. The highest BCUT2D eigenvalue weighted by Gasteiger charge is 2.12. The summed E-state index contributed by atoms with van der Waals surface area (Å²) in [6, 6.07) is 14.9. The minimum Gasteiger partial charge on any atom is -0.207 e. The van der Waals surface area contributed by atoms with Crippen LogP contribution < -0.4 is 0 Å². The summed E-state index contributed by atoms with van der Waals surface area (Å²) in [4.78, 5) is 1.41. The Morgan fingerprint density at radius 1 is 1.15 bits per heavy atom. The van der Waals surface area contributed by atoms with Gasteiger partial charge in [0.25, 0.3) is 0 Å². The molecule has 0 amide bonds. The van der Waals surface area contributed by atoms with Gasteiger partial charge >= 0.3 is 0 Å². The standard InChI is InChI=1S/C16H11BrClFS/c17-14(7-10-2-1-3-12(18)6-10)16-8-11-4-5-13(19)9-15(11)20-16/h1-6,8-9,14H,7H2. The van der Waals surface area contributed by atoms with Gasteiger partial charge in [-0.1, -0.05) is 45.7 Å². The highest BCUT2D eigenvalue weighted by Crippen LogP contribution is 2.36. The molecule has 1 heterocycles. The summed E-state index contributed by atoms with van der Waals surface area (Å²) >= 11 is 11.3. The summed E-state index contributed by atoms with van der Waals surface area (Å²) in [5.74, 6) is -0.188. The van der Waals surface area contributed by atoms with Crippen LogP contribution in [0.15, 0.2) is 48.5 Å². The maximum Gasteiger partial charge on any atom is 0.124 e. The molecule has 0 aliphatic rings. The molecule has 1 aromatic heterocycles. The van der Waals surface area contributed by atoms with Crippen molar-refractivity contribution in [2.75, 3.05) is 0 Å². The molecule has 0 spiro atoms. The van der Waals surface area contributed by atoms with Crippen molar-refractivity contribution >= 4 is 49.0 Å². The predicted molar refractivity (Wildman–Crippen MR) is 88.6 cm³/mol. The van der Waals surface area contributed by atoms with E-state index in [1.807, 2.05) is 24.3 Å². The molecular weight excluding hydrogens is 359 g/mol. The quantitative estimate of drug-likeness (QED) is 0.470. The maximum absolute atomic E-state index is 13.2. The van der Waals surface area contributed by atoms with E-state index in [1.54, 1.807) is 17.4 Å². The number of benzene rings is 2. The van der Waals surface area contributed by atoms with Gasteiger partial charge in [0.2, 0.25) is 0 Å². The van der Waals surface area contributed by atoms with Gasteiger partial charge in [-0.2, -0.15) is 0 Å². The average molecular weight is 370 g/mol. The van der Waals surface area contributed by atoms with Crippen molar-refractivity contribution in [2.24, 2.45) is 0 Å². The summed E-state index contributed by atoms with van der Waals surface area (Å²) in [5, 5.41) is 1.84. The Hall–Kier alpha value is -0.900. The zero-order chi connectivity index (χ0) is 14.1. The Kier molecular flexibility index (Phi) is 4.11. The fourth-order valence-corrected chi connectivity index (χ4v) is 4.22. The van der Waals surface area contributed by atoms with E-state index >= 15 is 0 Å². The molecule has 0 fully saturated rings. The molecular formula is C16H11BrClFS. The fraction of sp³-hybridized carbons (Fsp3) is 0.125. The van der Waals surface area contributed by atoms with Crippen molar-refractivity contribution < 1.29 is 4.39 Å². The van der Waals surface area contributed by atoms with Gasteiger partial charge in [-0.3, -0.25) is 0 Å². The van der Waals surface area contributed by atoms with Crippen molar-refractivity contribution in [2.45, 2.75) is 11.2 Å². The average Bonchev–Trinajstić information content (AvgIpc) is 2.81. The number of hydrogen-bond donors (Lipinski definition) is 0. The molecule has 3 rings (SSSR count). The molecule has 0 saturated heterocycles. The van der Waals surface area contributed by atoms with Gasteiger partial charge in [-0.05, 0) is 47.7 Å². The van der Waals surface area contributed by atoms with Crippen LogP contribution >= 0.6 is 38.9 Å². The second-order valence-electron chi connectivity index (χ2n) is 4.63. The van der Waals surface area contributed by atoms with E-state index in [1.165, 1.54) is 16.5 Å². The molecule has 0 bridgehead atoms. The summed E-state index contributed by atoms with van der Waals surface area (Å²) < 4.78 is 14.2. The molecule has 0 aliphatic heterocycles. The van der Waals surface area contributed by atoms with Crippen LogP contribution in [-0.2, 0) is 6.42 Å². The summed E-state index contributed by atoms with van der Waals surface area (Å²) in [6.07, 6.45) is 0.857. The summed E-state index contributed by atoms with van der Waals surface area (Å²) in [7, 11) is 0. The predicted octanol–water partition coefficient (Wildman–Crippen LogP) is 6.37. The van der Waals surface area contributed by atoms with Gasteiger partial charge in [0.1, 0.15) is 5.82 Å². The van der Waals surface area contributed by atoms with Crippen molar-refractivity contribution in [3.63, 3.8) is 0 Å². The number of alkyl halides is 1. The maximum atomic E-state index is 13.2. The van der Waals surface area contributed by atoms with Crippen LogP contribution in [0.4, 0.5) is 4.39 Å². The fourth-order valence-electron chi connectivity index (χ4n) is 2.15. The summed E-state index contributed by atoms with van der Waals surface area (Å²) in [5.41, 5.74) is 1.18. The molecule has 0 N–H and O–H groups in total. The van der Waals surface area contributed by atoms with Crippen LogP contribution in [0.2, 0.25) is 5.02 Å². The van der Waals surface area contributed by atoms with Crippen LogP contribution in [0.3, 0.4) is 0 Å². The lowest BCUT2D eigenvalue weighted by atomic mass is 10.1. The van der Waals surface area contributed by atoms with Crippen LogP contribution in [0.5, 0.6) is 0 Å². The molecule has 1 unspecified atom stereocenters. The number of fused-ring (bicyclic) bond motifs is 1. The minimum absolute atomic E-state index is 0.188. The largest absolute Gasteiger partial charge is 0.207 e. The third-order valence-corrected chi connectivity index (χ3v) is 5.68. The zero-order valence-electron chi connectivity index (χ0n) is 10.4. The second-order valence-corrected chi connectivity index (χ2v) is 7.29. The Labute approximate surface area is 134 Å². The van der Waals surface area contributed by atoms with Crippen LogP contribution in [-0.4, -0.2) is 0 Å². The SMILES string of the molecule is Fc1ccc2cc(C(Br)Cc3cccc(Cl)c3)sc2c1. The van der Waals surface area contributed by atoms with E-state index < -0.39 is 0 Å². The number of hydrogen-bond acceptors (Lipinski definition) is 1. The molecule has 0 radical (unpaired) electrons. The van der Waals surface area contributed by atoms with E-state index in [-0.39, 0.29) is 10.6 Å². The van der Waals surface area contributed by atoms with Crippen LogP contribution in [0, 0.1) is 5.82 Å². The Morgan fingerprint density at radius 2 is 2.00 bits per heavy atom. The van der Waals surface area contributed by atoms with Crippen LogP contribution in [0.25, 0.3) is 10.1 Å². The van der Waals surface area contributed by atoms with Crippen molar-refractivity contribution in [3.8, 4) is 0 Å². The molecule has 0 aliphatic carbocycles. The van der Waals surface area contributed by atoms with Gasteiger partial charge in [0, 0.05) is 14.6 Å². The Bertz CT molecular complexity index is 753. The molecule has 102 valence electrons. The highest BCUT2D eigenvalue weighted by atomic mass is 79.9. The van der Waals surface area contributed by atoms with Crippen molar-refractivity contribution in [3.05, 3.63) is 69.8 Å². The molecule has 4 heteroatoms. The van der Waals surface area contributed by atoms with Gasteiger partial charge in [-0.25, -0.2) is 4.39 Å². The lowest BCUT2D eigenvalue weighted by Crippen LogP contribution is -1.92. The van der Waals surface area contributed by atoms with E-state index in [2.05, 4.69) is 28.1 Å². The number of rotatable bonds is 3. The van der Waals surface area contributed by atoms with Crippen LogP contribution in [0.1, 0.15) is 15.3 Å².